The number of benzene rings is 2. The van der Waals surface area contributed by atoms with Crippen molar-refractivity contribution in [2.75, 3.05) is 38.4 Å². The molecular weight excluding hydrogens is 468 g/mol. The standard InChI is InChI=1S/C27H34N6O2.CH4O/c1-3-4-13-30-25-24-23(31-26(28)32-25)20-7-5-6-8-21(20)33(24)16-19-14-18(9-10-22(19)35-2)15-29-17-27(34)11-12-27;1-2/h5-10,14,29,34H,3-4,11-13,15-17H2,1-2H3,(H3,28,30,31,32);2H,1H3. The Bertz CT molecular complexity index is 1350. The van der Waals surface area contributed by atoms with Gasteiger partial charge in [0.1, 0.15) is 16.8 Å². The van der Waals surface area contributed by atoms with E-state index in [2.05, 4.69) is 56.4 Å². The molecule has 2 heterocycles. The van der Waals surface area contributed by atoms with Crippen LogP contribution < -0.4 is 21.1 Å². The van der Waals surface area contributed by atoms with E-state index in [1.165, 1.54) is 0 Å². The number of aromatic nitrogens is 3. The van der Waals surface area contributed by atoms with Crippen molar-refractivity contribution in [2.24, 2.45) is 0 Å². The van der Waals surface area contributed by atoms with Crippen molar-refractivity contribution in [1.29, 1.82) is 0 Å². The molecule has 1 aliphatic carbocycles. The first-order chi connectivity index (χ1) is 18.0. The first-order valence-electron chi connectivity index (χ1n) is 12.8. The highest BCUT2D eigenvalue weighted by Gasteiger charge is 2.39. The second-order valence-electron chi connectivity index (χ2n) is 9.49. The van der Waals surface area contributed by atoms with Crippen molar-refractivity contribution in [3.63, 3.8) is 0 Å². The number of ether oxygens (including phenoxy) is 1. The van der Waals surface area contributed by atoms with Gasteiger partial charge >= 0.3 is 0 Å². The molecule has 0 atom stereocenters. The zero-order valence-corrected chi connectivity index (χ0v) is 21.9. The number of rotatable bonds is 11. The molecule has 198 valence electrons. The predicted octanol–water partition coefficient (Wildman–Crippen LogP) is 3.66. The minimum absolute atomic E-state index is 0.266. The van der Waals surface area contributed by atoms with E-state index in [4.69, 9.17) is 15.6 Å². The highest BCUT2D eigenvalue weighted by atomic mass is 16.5. The number of hydrogen-bond donors (Lipinski definition) is 5. The molecule has 5 rings (SSSR count). The minimum Gasteiger partial charge on any atom is -0.496 e. The van der Waals surface area contributed by atoms with Crippen LogP contribution in [0.4, 0.5) is 11.8 Å². The lowest BCUT2D eigenvalue weighted by Gasteiger charge is -2.16. The van der Waals surface area contributed by atoms with Gasteiger partial charge in [0.05, 0.1) is 24.8 Å². The van der Waals surface area contributed by atoms with Crippen LogP contribution in [0, 0.1) is 0 Å². The van der Waals surface area contributed by atoms with Crippen LogP contribution in [0.2, 0.25) is 0 Å². The van der Waals surface area contributed by atoms with Gasteiger partial charge in [-0.05, 0) is 43.0 Å². The fourth-order valence-electron chi connectivity index (χ4n) is 4.61. The number of anilines is 2. The Morgan fingerprint density at radius 1 is 1.14 bits per heavy atom. The summed E-state index contributed by atoms with van der Waals surface area (Å²) in [5, 5.41) is 25.0. The van der Waals surface area contributed by atoms with E-state index in [-0.39, 0.29) is 5.95 Å². The smallest absolute Gasteiger partial charge is 0.222 e. The molecule has 0 unspecified atom stereocenters. The average molecular weight is 507 g/mol. The number of methoxy groups -OCH3 is 1. The van der Waals surface area contributed by atoms with E-state index in [9.17, 15) is 5.11 Å². The molecule has 0 spiro atoms. The number of para-hydroxylation sites is 1. The number of nitrogens with one attached hydrogen (secondary N) is 2. The molecule has 4 aromatic rings. The minimum atomic E-state index is -0.513. The maximum Gasteiger partial charge on any atom is 0.222 e. The number of fused-ring (bicyclic) bond motifs is 3. The zero-order valence-electron chi connectivity index (χ0n) is 21.9. The summed E-state index contributed by atoms with van der Waals surface area (Å²) in [6.07, 6.45) is 3.89. The number of aliphatic hydroxyl groups excluding tert-OH is 1. The Labute approximate surface area is 217 Å². The molecule has 6 N–H and O–H groups in total. The van der Waals surface area contributed by atoms with Crippen LogP contribution in [0.15, 0.2) is 42.5 Å². The normalized spacial score (nSPS) is 13.9. The van der Waals surface area contributed by atoms with Crippen LogP contribution in [0.1, 0.15) is 43.7 Å². The van der Waals surface area contributed by atoms with Crippen molar-refractivity contribution in [3.05, 3.63) is 53.6 Å². The summed E-state index contributed by atoms with van der Waals surface area (Å²) in [5.74, 6) is 1.85. The van der Waals surface area contributed by atoms with Crippen LogP contribution in [-0.4, -0.2) is 57.7 Å². The van der Waals surface area contributed by atoms with Gasteiger partial charge in [-0.2, -0.15) is 4.98 Å². The maximum absolute atomic E-state index is 10.1. The van der Waals surface area contributed by atoms with Gasteiger partial charge < -0.3 is 35.9 Å². The van der Waals surface area contributed by atoms with Gasteiger partial charge in [0.25, 0.3) is 0 Å². The first kappa shape index (κ1) is 26.7. The van der Waals surface area contributed by atoms with E-state index < -0.39 is 5.60 Å². The van der Waals surface area contributed by atoms with Crippen LogP contribution in [-0.2, 0) is 13.1 Å². The Morgan fingerprint density at radius 3 is 2.65 bits per heavy atom. The summed E-state index contributed by atoms with van der Waals surface area (Å²) in [4.78, 5) is 9.20. The molecule has 0 aliphatic heterocycles. The Morgan fingerprint density at radius 2 is 1.92 bits per heavy atom. The molecule has 2 aromatic carbocycles. The van der Waals surface area contributed by atoms with Crippen molar-refractivity contribution in [3.8, 4) is 5.75 Å². The van der Waals surface area contributed by atoms with Crippen molar-refractivity contribution in [2.45, 2.75) is 51.3 Å². The fourth-order valence-corrected chi connectivity index (χ4v) is 4.61. The Balaban J connectivity index is 0.00000156. The number of nitrogens with two attached hydrogens (primary N) is 1. The number of hydrogen-bond acceptors (Lipinski definition) is 8. The van der Waals surface area contributed by atoms with Gasteiger partial charge in [-0.3, -0.25) is 0 Å². The zero-order chi connectivity index (χ0) is 26.4. The van der Waals surface area contributed by atoms with Crippen LogP contribution >= 0.6 is 0 Å². The molecule has 1 saturated carbocycles. The average Bonchev–Trinajstić information content (AvgIpc) is 3.57. The van der Waals surface area contributed by atoms with Gasteiger partial charge in [0.2, 0.25) is 5.95 Å². The van der Waals surface area contributed by atoms with Crippen molar-refractivity contribution in [1.82, 2.24) is 19.9 Å². The first-order valence-corrected chi connectivity index (χ1v) is 12.8. The highest BCUT2D eigenvalue weighted by molar-refractivity contribution is 6.09. The Hall–Kier alpha value is -3.40. The van der Waals surface area contributed by atoms with Crippen molar-refractivity contribution < 1.29 is 14.9 Å². The second-order valence-corrected chi connectivity index (χ2v) is 9.49. The largest absolute Gasteiger partial charge is 0.496 e. The highest BCUT2D eigenvalue weighted by Crippen LogP contribution is 2.35. The van der Waals surface area contributed by atoms with Gasteiger partial charge in [0.15, 0.2) is 5.82 Å². The van der Waals surface area contributed by atoms with Crippen LogP contribution in [0.25, 0.3) is 21.9 Å². The molecule has 0 radical (unpaired) electrons. The predicted molar refractivity (Wildman–Crippen MR) is 149 cm³/mol. The second kappa shape index (κ2) is 11.8. The molecular formula is C28H38N6O3. The van der Waals surface area contributed by atoms with Gasteiger partial charge in [0, 0.05) is 37.7 Å². The molecule has 0 amide bonds. The molecule has 9 heteroatoms. The third kappa shape index (κ3) is 5.95. The summed E-state index contributed by atoms with van der Waals surface area (Å²) in [5.41, 5.74) is 10.7. The lowest BCUT2D eigenvalue weighted by molar-refractivity contribution is 0.147. The molecule has 9 nitrogen and oxygen atoms in total. The number of unbranched alkanes of at least 4 members (excludes halogenated alkanes) is 1. The molecule has 0 bridgehead atoms. The lowest BCUT2D eigenvalue weighted by atomic mass is 10.1. The monoisotopic (exact) mass is 506 g/mol. The SMILES string of the molecule is CCCCNc1nc(N)nc2c3ccccc3n(Cc3cc(CNCC4(O)CC4)ccc3OC)c12.CO. The molecule has 0 saturated heterocycles. The van der Waals surface area contributed by atoms with Crippen LogP contribution in [0.3, 0.4) is 0 Å². The van der Waals surface area contributed by atoms with E-state index in [0.717, 1.165) is 84.0 Å². The van der Waals surface area contributed by atoms with Gasteiger partial charge in [-0.1, -0.05) is 37.6 Å². The van der Waals surface area contributed by atoms with E-state index in [0.29, 0.717) is 19.6 Å². The lowest BCUT2D eigenvalue weighted by Crippen LogP contribution is -2.27. The maximum atomic E-state index is 10.1. The third-order valence-corrected chi connectivity index (χ3v) is 6.73. The summed E-state index contributed by atoms with van der Waals surface area (Å²) in [7, 11) is 2.70. The Kier molecular flexibility index (Phi) is 8.48. The number of nitrogens with zero attached hydrogens (tertiary/aromatic N) is 3. The number of aliphatic hydroxyl groups is 2. The van der Waals surface area contributed by atoms with E-state index in [1.54, 1.807) is 7.11 Å². The fraction of sp³-hybridized carbons (Fsp3) is 0.429. The van der Waals surface area contributed by atoms with Gasteiger partial charge in [-0.25, -0.2) is 4.98 Å². The topological polar surface area (TPSA) is 130 Å². The van der Waals surface area contributed by atoms with Gasteiger partial charge in [-0.15, -0.1) is 0 Å². The quantitative estimate of drug-likeness (QED) is 0.195. The van der Waals surface area contributed by atoms with Crippen LogP contribution in [0.5, 0.6) is 5.75 Å². The molecule has 37 heavy (non-hydrogen) atoms. The summed E-state index contributed by atoms with van der Waals surface area (Å²) < 4.78 is 7.98. The molecule has 1 fully saturated rings. The molecule has 2 aromatic heterocycles. The molecule has 1 aliphatic rings. The van der Waals surface area contributed by atoms with Crippen molar-refractivity contribution >= 4 is 33.7 Å². The summed E-state index contributed by atoms with van der Waals surface area (Å²) >= 11 is 0. The third-order valence-electron chi connectivity index (χ3n) is 6.73. The summed E-state index contributed by atoms with van der Waals surface area (Å²) in [6.45, 7) is 4.89. The van der Waals surface area contributed by atoms with E-state index in [1.807, 2.05) is 18.2 Å². The number of nitrogen functional groups attached to an aromatic ring is 1. The summed E-state index contributed by atoms with van der Waals surface area (Å²) in [6, 6.07) is 14.5. The van der Waals surface area contributed by atoms with E-state index >= 15 is 0 Å².